The lowest BCUT2D eigenvalue weighted by Gasteiger charge is -2.16. The van der Waals surface area contributed by atoms with E-state index in [-0.39, 0.29) is 18.2 Å². The summed E-state index contributed by atoms with van der Waals surface area (Å²) in [5.41, 5.74) is 3.71. The molecule has 2 heterocycles. The average molecular weight is 494 g/mol. The summed E-state index contributed by atoms with van der Waals surface area (Å²) in [6.07, 6.45) is 6.25. The van der Waals surface area contributed by atoms with Gasteiger partial charge in [-0.1, -0.05) is 24.8 Å². The monoisotopic (exact) mass is 493 g/mol. The van der Waals surface area contributed by atoms with E-state index in [1.807, 2.05) is 30.3 Å². The fraction of sp³-hybridized carbons (Fsp3) is 0.241. The van der Waals surface area contributed by atoms with Crippen LogP contribution in [0.5, 0.6) is 11.8 Å². The zero-order valence-electron chi connectivity index (χ0n) is 20.7. The maximum absolute atomic E-state index is 12.3. The molecule has 8 nitrogen and oxygen atoms in total. The molecule has 1 aliphatic carbocycles. The number of carbonyl (C=O) groups is 1. The highest BCUT2D eigenvalue weighted by molar-refractivity contribution is 5.96. The number of rotatable bonds is 8. The van der Waals surface area contributed by atoms with E-state index in [9.17, 15) is 10.1 Å². The molecule has 1 saturated carbocycles. The van der Waals surface area contributed by atoms with Crippen molar-refractivity contribution < 1.29 is 14.3 Å². The van der Waals surface area contributed by atoms with E-state index in [1.165, 1.54) is 0 Å². The highest BCUT2D eigenvalue weighted by Gasteiger charge is 2.32. The van der Waals surface area contributed by atoms with Crippen molar-refractivity contribution in [3.63, 3.8) is 0 Å². The van der Waals surface area contributed by atoms with E-state index in [0.717, 1.165) is 35.0 Å². The normalized spacial score (nSPS) is 13.7. The lowest BCUT2D eigenvalue weighted by atomic mass is 10.1. The SMILES string of the molecule is C=C[C@@H](OC(=O)Nc1ccc(-c2c(C#N)c3ccc(Oc4ncccn4)cc3n2C(C)C)cc1)C1CC1. The Morgan fingerprint density at radius 3 is 2.54 bits per heavy atom. The van der Waals surface area contributed by atoms with E-state index < -0.39 is 6.09 Å². The van der Waals surface area contributed by atoms with Gasteiger partial charge in [-0.3, -0.25) is 5.32 Å². The van der Waals surface area contributed by atoms with Crippen molar-refractivity contribution in [2.24, 2.45) is 5.92 Å². The molecular weight excluding hydrogens is 466 g/mol. The van der Waals surface area contributed by atoms with Crippen LogP contribution in [0.15, 0.2) is 73.6 Å². The standard InChI is InChI=1S/C29H27N5O3/c1-4-26(19-6-7-19)37-29(35)33-21-10-8-20(9-11-21)27-24(17-30)23-13-12-22(16-25(23)34(27)18(2)3)36-28-31-14-5-15-32-28/h4-5,8-16,18-19,26H,1,6-7H2,2-3H3,(H,33,35)/t26-/m1/s1. The summed E-state index contributed by atoms with van der Waals surface area (Å²) in [4.78, 5) is 20.6. The number of ether oxygens (including phenoxy) is 2. The summed E-state index contributed by atoms with van der Waals surface area (Å²) < 4.78 is 13.4. The van der Waals surface area contributed by atoms with Crippen molar-refractivity contribution in [2.45, 2.75) is 38.8 Å². The summed E-state index contributed by atoms with van der Waals surface area (Å²) in [5, 5.41) is 13.7. The van der Waals surface area contributed by atoms with Crippen molar-refractivity contribution in [3.8, 4) is 29.1 Å². The van der Waals surface area contributed by atoms with Gasteiger partial charge < -0.3 is 14.0 Å². The fourth-order valence-corrected chi connectivity index (χ4v) is 4.47. The van der Waals surface area contributed by atoms with Crippen LogP contribution in [0.2, 0.25) is 0 Å². The van der Waals surface area contributed by atoms with Crippen molar-refractivity contribution in [1.29, 1.82) is 5.26 Å². The number of fused-ring (bicyclic) bond motifs is 1. The molecule has 37 heavy (non-hydrogen) atoms. The Morgan fingerprint density at radius 2 is 1.92 bits per heavy atom. The summed E-state index contributed by atoms with van der Waals surface area (Å²) in [6, 6.07) is 17.4. The number of nitrogens with one attached hydrogen (secondary N) is 1. The highest BCUT2D eigenvalue weighted by atomic mass is 16.6. The molecule has 1 amide bonds. The van der Waals surface area contributed by atoms with Crippen LogP contribution in [-0.4, -0.2) is 26.7 Å². The second-order valence-electron chi connectivity index (χ2n) is 9.26. The molecule has 8 heteroatoms. The van der Waals surface area contributed by atoms with Crippen molar-refractivity contribution in [1.82, 2.24) is 14.5 Å². The molecule has 5 rings (SSSR count). The molecule has 0 radical (unpaired) electrons. The van der Waals surface area contributed by atoms with Gasteiger partial charge >= 0.3 is 12.1 Å². The number of amides is 1. The molecule has 1 aliphatic rings. The topological polar surface area (TPSA) is 102 Å². The van der Waals surface area contributed by atoms with E-state index >= 15 is 0 Å². The van der Waals surface area contributed by atoms with E-state index in [4.69, 9.17) is 9.47 Å². The second-order valence-corrected chi connectivity index (χ2v) is 9.26. The number of nitrogens with zero attached hydrogens (tertiary/aromatic N) is 4. The molecule has 0 aliphatic heterocycles. The van der Waals surface area contributed by atoms with Crippen LogP contribution in [0, 0.1) is 17.2 Å². The van der Waals surface area contributed by atoms with Crippen LogP contribution >= 0.6 is 0 Å². The van der Waals surface area contributed by atoms with Gasteiger partial charge in [0.15, 0.2) is 0 Å². The van der Waals surface area contributed by atoms with Gasteiger partial charge in [0, 0.05) is 35.6 Å². The van der Waals surface area contributed by atoms with Crippen LogP contribution in [0.3, 0.4) is 0 Å². The molecule has 0 unspecified atom stereocenters. The van der Waals surface area contributed by atoms with Gasteiger partial charge in [0.1, 0.15) is 17.9 Å². The number of hydrogen-bond donors (Lipinski definition) is 1. The zero-order valence-corrected chi connectivity index (χ0v) is 20.7. The molecule has 186 valence electrons. The quantitative estimate of drug-likeness (QED) is 0.269. The predicted molar refractivity (Wildman–Crippen MR) is 141 cm³/mol. The first-order chi connectivity index (χ1) is 18.0. The summed E-state index contributed by atoms with van der Waals surface area (Å²) in [7, 11) is 0. The molecule has 0 spiro atoms. The lowest BCUT2D eigenvalue weighted by Crippen LogP contribution is -2.22. The van der Waals surface area contributed by atoms with E-state index in [0.29, 0.717) is 22.9 Å². The molecular formula is C29H27N5O3. The van der Waals surface area contributed by atoms with Gasteiger partial charge in [-0.15, -0.1) is 0 Å². The molecule has 1 atom stereocenters. The number of benzene rings is 2. The summed E-state index contributed by atoms with van der Waals surface area (Å²) in [5.74, 6) is 0.954. The molecule has 2 aromatic heterocycles. The van der Waals surface area contributed by atoms with Crippen LogP contribution in [0.4, 0.5) is 10.5 Å². The zero-order chi connectivity index (χ0) is 25.9. The number of hydrogen-bond acceptors (Lipinski definition) is 6. The summed E-state index contributed by atoms with van der Waals surface area (Å²) >= 11 is 0. The molecule has 0 bridgehead atoms. The van der Waals surface area contributed by atoms with Gasteiger partial charge in [-0.2, -0.15) is 5.26 Å². The first-order valence-electron chi connectivity index (χ1n) is 12.2. The Bertz CT molecular complexity index is 1480. The first kappa shape index (κ1) is 24.1. The molecule has 0 saturated heterocycles. The molecule has 2 aromatic carbocycles. The van der Waals surface area contributed by atoms with Gasteiger partial charge in [0.05, 0.1) is 16.8 Å². The largest absolute Gasteiger partial charge is 0.441 e. The van der Waals surface area contributed by atoms with Crippen molar-refractivity contribution in [3.05, 3.63) is 79.1 Å². The molecule has 1 fully saturated rings. The van der Waals surface area contributed by atoms with Crippen LogP contribution < -0.4 is 10.1 Å². The fourth-order valence-electron chi connectivity index (χ4n) is 4.47. The van der Waals surface area contributed by atoms with Gasteiger partial charge in [-0.25, -0.2) is 14.8 Å². The smallest absolute Gasteiger partial charge is 0.412 e. The maximum atomic E-state index is 12.3. The summed E-state index contributed by atoms with van der Waals surface area (Å²) in [6.45, 7) is 7.90. The van der Waals surface area contributed by atoms with Crippen LogP contribution in [-0.2, 0) is 4.74 Å². The van der Waals surface area contributed by atoms with Crippen molar-refractivity contribution >= 4 is 22.7 Å². The van der Waals surface area contributed by atoms with E-state index in [2.05, 4.69) is 46.3 Å². The highest BCUT2D eigenvalue weighted by Crippen LogP contribution is 2.38. The minimum absolute atomic E-state index is 0.0638. The first-order valence-corrected chi connectivity index (χ1v) is 12.2. The molecule has 1 N–H and O–H groups in total. The van der Waals surface area contributed by atoms with E-state index in [1.54, 1.807) is 36.7 Å². The number of carbonyl (C=O) groups excluding carboxylic acids is 1. The van der Waals surface area contributed by atoms with Crippen LogP contribution in [0.25, 0.3) is 22.2 Å². The maximum Gasteiger partial charge on any atom is 0.412 e. The number of anilines is 1. The molecule has 4 aromatic rings. The van der Waals surface area contributed by atoms with Crippen molar-refractivity contribution in [2.75, 3.05) is 5.32 Å². The Labute approximate surface area is 215 Å². The van der Waals surface area contributed by atoms with Crippen LogP contribution in [0.1, 0.15) is 38.3 Å². The second kappa shape index (κ2) is 10.2. The Balaban J connectivity index is 1.46. The Kier molecular flexibility index (Phi) is 6.60. The third kappa shape index (κ3) is 5.02. The van der Waals surface area contributed by atoms with Gasteiger partial charge in [0.25, 0.3) is 0 Å². The lowest BCUT2D eigenvalue weighted by molar-refractivity contribution is 0.123. The third-order valence-corrected chi connectivity index (χ3v) is 6.32. The third-order valence-electron chi connectivity index (χ3n) is 6.32. The predicted octanol–water partition coefficient (Wildman–Crippen LogP) is 6.86. The Morgan fingerprint density at radius 1 is 1.19 bits per heavy atom. The number of nitriles is 1. The van der Waals surface area contributed by atoms with Gasteiger partial charge in [-0.05, 0) is 68.5 Å². The average Bonchev–Trinajstić information content (AvgIpc) is 3.69. The minimum atomic E-state index is -0.506. The number of aromatic nitrogens is 3. The Hall–Kier alpha value is -4.64. The minimum Gasteiger partial charge on any atom is -0.441 e. The van der Waals surface area contributed by atoms with Gasteiger partial charge in [0.2, 0.25) is 0 Å².